The van der Waals surface area contributed by atoms with Crippen LogP contribution in [0.3, 0.4) is 0 Å². The molecule has 0 aromatic carbocycles. The average molecular weight is 274 g/mol. The van der Waals surface area contributed by atoms with Gasteiger partial charge >= 0.3 is 0 Å². The van der Waals surface area contributed by atoms with Gasteiger partial charge in [0, 0.05) is 13.0 Å². The van der Waals surface area contributed by atoms with Crippen LogP contribution < -0.4 is 5.32 Å². The van der Waals surface area contributed by atoms with Gasteiger partial charge in [0.1, 0.15) is 5.76 Å². The van der Waals surface area contributed by atoms with E-state index in [-0.39, 0.29) is 0 Å². The summed E-state index contributed by atoms with van der Waals surface area (Å²) in [6, 6.07) is 1.94. The van der Waals surface area contributed by atoms with Crippen molar-refractivity contribution in [3.63, 3.8) is 0 Å². The lowest BCUT2D eigenvalue weighted by atomic mass is 9.89. The molecule has 1 atom stereocenters. The molecule has 1 unspecified atom stereocenters. The molecule has 1 fully saturated rings. The molecule has 0 radical (unpaired) electrons. The van der Waals surface area contributed by atoms with Crippen molar-refractivity contribution in [2.75, 3.05) is 13.1 Å². The predicted octanol–water partition coefficient (Wildman–Crippen LogP) is 2.01. The third-order valence-corrected chi connectivity index (χ3v) is 3.32. The number of aryl methyl sites for hydroxylation is 1. The highest BCUT2D eigenvalue weighted by Gasteiger charge is 2.31. The third-order valence-electron chi connectivity index (χ3n) is 2.93. The number of nitrogens with one attached hydrogen (secondary N) is 1. The standard InChI is InChI=1S/C11H16BrNO2/c1-8-5-10(12)15-9(8)6-11(14)3-2-4-13-7-11/h5,13-14H,2-4,6-7H2,1H3. The van der Waals surface area contributed by atoms with E-state index in [4.69, 9.17) is 4.42 Å². The van der Waals surface area contributed by atoms with E-state index >= 15 is 0 Å². The number of hydrogen-bond acceptors (Lipinski definition) is 3. The van der Waals surface area contributed by atoms with E-state index in [1.54, 1.807) is 0 Å². The van der Waals surface area contributed by atoms with Crippen LogP contribution >= 0.6 is 15.9 Å². The molecule has 0 spiro atoms. The first-order chi connectivity index (χ1) is 7.09. The van der Waals surface area contributed by atoms with Gasteiger partial charge in [0.05, 0.1) is 5.60 Å². The Morgan fingerprint density at radius 1 is 1.67 bits per heavy atom. The molecule has 2 N–H and O–H groups in total. The van der Waals surface area contributed by atoms with Gasteiger partial charge in [-0.2, -0.15) is 0 Å². The first kappa shape index (κ1) is 11.2. The zero-order chi connectivity index (χ0) is 10.9. The molecule has 1 aromatic heterocycles. The predicted molar refractivity (Wildman–Crippen MR) is 61.9 cm³/mol. The van der Waals surface area contributed by atoms with E-state index in [0.29, 0.717) is 13.0 Å². The lowest BCUT2D eigenvalue weighted by Gasteiger charge is -2.32. The molecule has 0 bridgehead atoms. The van der Waals surface area contributed by atoms with Crippen LogP contribution in [0.1, 0.15) is 24.2 Å². The minimum absolute atomic E-state index is 0.595. The number of aliphatic hydroxyl groups is 1. The van der Waals surface area contributed by atoms with Crippen LogP contribution in [0.2, 0.25) is 0 Å². The Morgan fingerprint density at radius 3 is 3.00 bits per heavy atom. The second-order valence-corrected chi connectivity index (χ2v) is 5.12. The number of hydrogen-bond donors (Lipinski definition) is 2. The van der Waals surface area contributed by atoms with Crippen LogP contribution in [0.4, 0.5) is 0 Å². The summed E-state index contributed by atoms with van der Waals surface area (Å²) in [5.74, 6) is 0.882. The molecule has 1 aliphatic heterocycles. The van der Waals surface area contributed by atoms with Gasteiger partial charge in [0.2, 0.25) is 0 Å². The van der Waals surface area contributed by atoms with Crippen molar-refractivity contribution in [1.82, 2.24) is 5.32 Å². The highest BCUT2D eigenvalue weighted by Crippen LogP contribution is 2.26. The molecule has 1 saturated heterocycles. The van der Waals surface area contributed by atoms with Gasteiger partial charge in [0.25, 0.3) is 0 Å². The summed E-state index contributed by atoms with van der Waals surface area (Å²) in [5, 5.41) is 13.5. The second kappa shape index (κ2) is 4.28. The first-order valence-electron chi connectivity index (χ1n) is 5.27. The highest BCUT2D eigenvalue weighted by molar-refractivity contribution is 9.10. The third kappa shape index (κ3) is 2.62. The maximum Gasteiger partial charge on any atom is 0.169 e. The second-order valence-electron chi connectivity index (χ2n) is 4.34. The van der Waals surface area contributed by atoms with E-state index in [2.05, 4.69) is 21.2 Å². The Hall–Kier alpha value is -0.320. The molecular formula is C11H16BrNO2. The van der Waals surface area contributed by atoms with Gasteiger partial charge < -0.3 is 14.8 Å². The summed E-state index contributed by atoms with van der Waals surface area (Å²) in [6.07, 6.45) is 2.46. The summed E-state index contributed by atoms with van der Waals surface area (Å²) in [4.78, 5) is 0. The van der Waals surface area contributed by atoms with Crippen molar-refractivity contribution in [2.45, 2.75) is 31.8 Å². The highest BCUT2D eigenvalue weighted by atomic mass is 79.9. The van der Waals surface area contributed by atoms with Gasteiger partial charge in [-0.15, -0.1) is 0 Å². The van der Waals surface area contributed by atoms with Gasteiger partial charge in [-0.25, -0.2) is 0 Å². The summed E-state index contributed by atoms with van der Waals surface area (Å²) >= 11 is 3.30. The zero-order valence-corrected chi connectivity index (χ0v) is 10.4. The SMILES string of the molecule is Cc1cc(Br)oc1CC1(O)CCCNC1. The molecular weight excluding hydrogens is 258 g/mol. The van der Waals surface area contributed by atoms with Gasteiger partial charge in [0.15, 0.2) is 4.67 Å². The molecule has 0 aliphatic carbocycles. The molecule has 0 amide bonds. The Labute approximate surface area is 98.0 Å². The lowest BCUT2D eigenvalue weighted by Crippen LogP contribution is -2.47. The van der Waals surface area contributed by atoms with Crippen molar-refractivity contribution >= 4 is 15.9 Å². The van der Waals surface area contributed by atoms with Gasteiger partial charge in [-0.1, -0.05) is 0 Å². The van der Waals surface area contributed by atoms with Crippen molar-refractivity contribution in [3.8, 4) is 0 Å². The average Bonchev–Trinajstić information content (AvgIpc) is 2.45. The number of β-amino-alcohol motifs (C(OH)–C–C–N with tert-alkyl or cyclic N) is 1. The number of rotatable bonds is 2. The molecule has 0 saturated carbocycles. The van der Waals surface area contributed by atoms with Crippen molar-refractivity contribution in [2.24, 2.45) is 0 Å². The maximum atomic E-state index is 10.3. The fourth-order valence-electron chi connectivity index (χ4n) is 2.06. The van der Waals surface area contributed by atoms with Crippen LogP contribution in [0.5, 0.6) is 0 Å². The molecule has 4 heteroatoms. The van der Waals surface area contributed by atoms with E-state index in [0.717, 1.165) is 35.4 Å². The van der Waals surface area contributed by atoms with E-state index < -0.39 is 5.60 Å². The Bertz CT molecular complexity index is 342. The summed E-state index contributed by atoms with van der Waals surface area (Å²) in [5.41, 5.74) is 0.459. The smallest absolute Gasteiger partial charge is 0.169 e. The summed E-state index contributed by atoms with van der Waals surface area (Å²) < 4.78 is 6.25. The van der Waals surface area contributed by atoms with Crippen LogP contribution in [0.25, 0.3) is 0 Å². The van der Waals surface area contributed by atoms with Gasteiger partial charge in [-0.05, 0) is 53.9 Å². The summed E-state index contributed by atoms with van der Waals surface area (Å²) in [6.45, 7) is 3.66. The molecule has 3 nitrogen and oxygen atoms in total. The fraction of sp³-hybridized carbons (Fsp3) is 0.636. The summed E-state index contributed by atoms with van der Waals surface area (Å²) in [7, 11) is 0. The topological polar surface area (TPSA) is 45.4 Å². The number of piperidine rings is 1. The zero-order valence-electron chi connectivity index (χ0n) is 8.85. The molecule has 2 rings (SSSR count). The number of halogens is 1. The Morgan fingerprint density at radius 2 is 2.47 bits per heavy atom. The van der Waals surface area contributed by atoms with E-state index in [9.17, 15) is 5.11 Å². The Balaban J connectivity index is 2.09. The maximum absolute atomic E-state index is 10.3. The monoisotopic (exact) mass is 273 g/mol. The lowest BCUT2D eigenvalue weighted by molar-refractivity contribution is 0.0123. The quantitative estimate of drug-likeness (QED) is 0.867. The minimum atomic E-state index is -0.639. The minimum Gasteiger partial charge on any atom is -0.454 e. The van der Waals surface area contributed by atoms with Crippen LogP contribution in [0.15, 0.2) is 15.2 Å². The fourth-order valence-corrected chi connectivity index (χ4v) is 2.59. The molecule has 2 heterocycles. The number of furan rings is 1. The van der Waals surface area contributed by atoms with Crippen LogP contribution in [-0.4, -0.2) is 23.8 Å². The molecule has 1 aliphatic rings. The van der Waals surface area contributed by atoms with Gasteiger partial charge in [-0.3, -0.25) is 0 Å². The molecule has 1 aromatic rings. The van der Waals surface area contributed by atoms with E-state index in [1.807, 2.05) is 13.0 Å². The molecule has 15 heavy (non-hydrogen) atoms. The van der Waals surface area contributed by atoms with Crippen molar-refractivity contribution < 1.29 is 9.52 Å². The first-order valence-corrected chi connectivity index (χ1v) is 6.06. The van der Waals surface area contributed by atoms with Crippen molar-refractivity contribution in [3.05, 3.63) is 22.1 Å². The largest absolute Gasteiger partial charge is 0.454 e. The van der Waals surface area contributed by atoms with Crippen LogP contribution in [-0.2, 0) is 6.42 Å². The Kier molecular flexibility index (Phi) is 3.19. The molecule has 84 valence electrons. The van der Waals surface area contributed by atoms with Crippen LogP contribution in [0, 0.1) is 6.92 Å². The van der Waals surface area contributed by atoms with E-state index in [1.165, 1.54) is 0 Å². The van der Waals surface area contributed by atoms with Crippen molar-refractivity contribution in [1.29, 1.82) is 0 Å². The normalized spacial score (nSPS) is 26.9.